The number of aryl methyl sites for hydroxylation is 1. The smallest absolute Gasteiger partial charge is 0.209 e. The Kier molecular flexibility index (Phi) is 4.96. The molecule has 2 heterocycles. The van der Waals surface area contributed by atoms with Gasteiger partial charge in [0.15, 0.2) is 0 Å². The summed E-state index contributed by atoms with van der Waals surface area (Å²) in [7, 11) is 0. The third-order valence-corrected chi connectivity index (χ3v) is 5.26. The summed E-state index contributed by atoms with van der Waals surface area (Å²) in [5, 5.41) is 5.26. The van der Waals surface area contributed by atoms with Crippen LogP contribution in [-0.2, 0) is 9.53 Å². The SMILES string of the molecule is Cc1c(F)cccc1Nc1ncc(C2CN(C=O)CCO2)c2c(C)cccc12. The molecule has 1 saturated heterocycles. The number of pyridine rings is 1. The van der Waals surface area contributed by atoms with E-state index in [0.717, 1.165) is 28.3 Å². The van der Waals surface area contributed by atoms with Crippen molar-refractivity contribution in [1.29, 1.82) is 0 Å². The van der Waals surface area contributed by atoms with Gasteiger partial charge in [-0.1, -0.05) is 24.3 Å². The molecular weight excluding hydrogens is 357 g/mol. The van der Waals surface area contributed by atoms with E-state index in [1.165, 1.54) is 6.07 Å². The first kappa shape index (κ1) is 18.4. The van der Waals surface area contributed by atoms with Gasteiger partial charge >= 0.3 is 0 Å². The number of ether oxygens (including phenoxy) is 1. The van der Waals surface area contributed by atoms with Crippen molar-refractivity contribution in [1.82, 2.24) is 9.88 Å². The Morgan fingerprint density at radius 1 is 1.25 bits per heavy atom. The molecule has 1 atom stereocenters. The number of carbonyl (C=O) groups is 1. The lowest BCUT2D eigenvalue weighted by atomic mass is 9.97. The Morgan fingerprint density at radius 2 is 2.07 bits per heavy atom. The van der Waals surface area contributed by atoms with Crippen LogP contribution in [0.1, 0.15) is 22.8 Å². The third-order valence-electron chi connectivity index (χ3n) is 5.26. The summed E-state index contributed by atoms with van der Waals surface area (Å²) in [5.74, 6) is 0.408. The van der Waals surface area contributed by atoms with Crippen molar-refractivity contribution in [3.63, 3.8) is 0 Å². The van der Waals surface area contributed by atoms with E-state index in [0.29, 0.717) is 36.8 Å². The number of benzene rings is 2. The largest absolute Gasteiger partial charge is 0.370 e. The van der Waals surface area contributed by atoms with Gasteiger partial charge in [-0.25, -0.2) is 9.37 Å². The van der Waals surface area contributed by atoms with Crippen LogP contribution in [-0.4, -0.2) is 36.0 Å². The van der Waals surface area contributed by atoms with Gasteiger partial charge in [0.05, 0.1) is 13.2 Å². The van der Waals surface area contributed by atoms with Crippen molar-refractivity contribution >= 4 is 28.7 Å². The van der Waals surface area contributed by atoms with Gasteiger partial charge in [0.1, 0.15) is 17.7 Å². The minimum atomic E-state index is -0.258. The normalized spacial score (nSPS) is 17.0. The molecule has 2 aromatic carbocycles. The molecule has 1 unspecified atom stereocenters. The minimum Gasteiger partial charge on any atom is -0.370 e. The highest BCUT2D eigenvalue weighted by molar-refractivity contribution is 5.97. The molecule has 6 heteroatoms. The molecule has 0 aliphatic carbocycles. The molecule has 1 N–H and O–H groups in total. The number of nitrogens with zero attached hydrogens (tertiary/aromatic N) is 2. The predicted molar refractivity (Wildman–Crippen MR) is 107 cm³/mol. The number of morpholine rings is 1. The highest BCUT2D eigenvalue weighted by atomic mass is 19.1. The first-order valence-corrected chi connectivity index (χ1v) is 9.30. The van der Waals surface area contributed by atoms with E-state index in [1.54, 1.807) is 24.1 Å². The van der Waals surface area contributed by atoms with E-state index in [1.807, 2.05) is 31.2 Å². The maximum absolute atomic E-state index is 13.9. The van der Waals surface area contributed by atoms with Crippen LogP contribution < -0.4 is 5.32 Å². The summed E-state index contributed by atoms with van der Waals surface area (Å²) in [4.78, 5) is 17.5. The van der Waals surface area contributed by atoms with Gasteiger partial charge in [0, 0.05) is 34.9 Å². The fraction of sp³-hybridized carbons (Fsp3) is 0.273. The lowest BCUT2D eigenvalue weighted by Gasteiger charge is -2.31. The van der Waals surface area contributed by atoms with E-state index in [2.05, 4.69) is 10.3 Å². The molecule has 1 amide bonds. The quantitative estimate of drug-likeness (QED) is 0.688. The average molecular weight is 379 g/mol. The fourth-order valence-electron chi connectivity index (χ4n) is 3.68. The highest BCUT2D eigenvalue weighted by Gasteiger charge is 2.24. The summed E-state index contributed by atoms with van der Waals surface area (Å²) in [5.41, 5.74) is 3.29. The molecule has 1 aliphatic heterocycles. The van der Waals surface area contributed by atoms with Crippen molar-refractivity contribution in [2.24, 2.45) is 0 Å². The second-order valence-electron chi connectivity index (χ2n) is 7.06. The molecule has 0 spiro atoms. The molecule has 28 heavy (non-hydrogen) atoms. The number of fused-ring (bicyclic) bond motifs is 1. The minimum absolute atomic E-state index is 0.222. The van der Waals surface area contributed by atoms with Crippen LogP contribution in [0.25, 0.3) is 10.8 Å². The van der Waals surface area contributed by atoms with Gasteiger partial charge in [0.2, 0.25) is 6.41 Å². The van der Waals surface area contributed by atoms with Crippen LogP contribution in [0.2, 0.25) is 0 Å². The Bertz CT molecular complexity index is 1040. The Morgan fingerprint density at radius 3 is 2.89 bits per heavy atom. The zero-order chi connectivity index (χ0) is 19.7. The zero-order valence-electron chi connectivity index (χ0n) is 15.9. The maximum Gasteiger partial charge on any atom is 0.209 e. The predicted octanol–water partition coefficient (Wildman–Crippen LogP) is 4.26. The van der Waals surface area contributed by atoms with Crippen LogP contribution in [0.15, 0.2) is 42.6 Å². The van der Waals surface area contributed by atoms with Crippen LogP contribution in [0.3, 0.4) is 0 Å². The number of nitrogens with one attached hydrogen (secondary N) is 1. The molecule has 1 aromatic heterocycles. The first-order valence-electron chi connectivity index (χ1n) is 9.30. The number of aromatic nitrogens is 1. The number of anilines is 2. The van der Waals surface area contributed by atoms with E-state index in [9.17, 15) is 9.18 Å². The zero-order valence-corrected chi connectivity index (χ0v) is 15.9. The summed E-state index contributed by atoms with van der Waals surface area (Å²) in [6.07, 6.45) is 2.44. The first-order chi connectivity index (χ1) is 13.6. The molecule has 0 radical (unpaired) electrons. The van der Waals surface area contributed by atoms with Crippen LogP contribution in [0.4, 0.5) is 15.9 Å². The third kappa shape index (κ3) is 3.31. The Hall–Kier alpha value is -2.99. The van der Waals surface area contributed by atoms with Crippen LogP contribution in [0, 0.1) is 19.7 Å². The average Bonchev–Trinajstić information content (AvgIpc) is 2.72. The van der Waals surface area contributed by atoms with E-state index < -0.39 is 0 Å². The van der Waals surface area contributed by atoms with Crippen LogP contribution in [0.5, 0.6) is 0 Å². The second-order valence-corrected chi connectivity index (χ2v) is 7.06. The lowest BCUT2D eigenvalue weighted by Crippen LogP contribution is -2.37. The van der Waals surface area contributed by atoms with Crippen molar-refractivity contribution in [3.05, 3.63) is 65.1 Å². The van der Waals surface area contributed by atoms with Crippen molar-refractivity contribution < 1.29 is 13.9 Å². The number of carbonyl (C=O) groups excluding carboxylic acids is 1. The Labute approximate surface area is 163 Å². The maximum atomic E-state index is 13.9. The monoisotopic (exact) mass is 379 g/mol. The number of hydrogen-bond donors (Lipinski definition) is 1. The Balaban J connectivity index is 1.79. The lowest BCUT2D eigenvalue weighted by molar-refractivity contribution is -0.125. The molecule has 0 saturated carbocycles. The van der Waals surface area contributed by atoms with E-state index in [4.69, 9.17) is 4.74 Å². The molecule has 144 valence electrons. The number of halogens is 1. The molecule has 5 nitrogen and oxygen atoms in total. The topological polar surface area (TPSA) is 54.5 Å². The second kappa shape index (κ2) is 7.56. The number of rotatable bonds is 4. The standard InChI is InChI=1S/C22H22FN3O2/c1-14-5-3-6-16-21(14)17(20-12-26(13-27)9-10-28-20)11-24-22(16)25-19-8-4-7-18(23)15(19)2/h3-8,11,13,20H,9-10,12H2,1-2H3,(H,24,25). The highest BCUT2D eigenvalue weighted by Crippen LogP contribution is 2.35. The van der Waals surface area contributed by atoms with Gasteiger partial charge < -0.3 is 15.0 Å². The van der Waals surface area contributed by atoms with Gasteiger partial charge in [-0.2, -0.15) is 0 Å². The van der Waals surface area contributed by atoms with Crippen molar-refractivity contribution in [2.45, 2.75) is 20.0 Å². The van der Waals surface area contributed by atoms with Crippen LogP contribution >= 0.6 is 0 Å². The summed E-state index contributed by atoms with van der Waals surface area (Å²) in [6, 6.07) is 11.0. The summed E-state index contributed by atoms with van der Waals surface area (Å²) >= 11 is 0. The van der Waals surface area contributed by atoms with E-state index in [-0.39, 0.29) is 11.9 Å². The van der Waals surface area contributed by atoms with Gasteiger partial charge in [0.25, 0.3) is 0 Å². The van der Waals surface area contributed by atoms with Gasteiger partial charge in [-0.3, -0.25) is 4.79 Å². The molecule has 3 aromatic rings. The van der Waals surface area contributed by atoms with E-state index >= 15 is 0 Å². The molecule has 4 rings (SSSR count). The molecule has 1 fully saturated rings. The number of amides is 1. The van der Waals surface area contributed by atoms with Gasteiger partial charge in [-0.15, -0.1) is 0 Å². The molecule has 0 bridgehead atoms. The molecular formula is C22H22FN3O2. The summed E-state index contributed by atoms with van der Waals surface area (Å²) in [6.45, 7) is 5.39. The fourth-order valence-corrected chi connectivity index (χ4v) is 3.68. The van der Waals surface area contributed by atoms with Crippen molar-refractivity contribution in [3.8, 4) is 0 Å². The van der Waals surface area contributed by atoms with Gasteiger partial charge in [-0.05, 0) is 36.9 Å². The molecule has 1 aliphatic rings. The number of hydrogen-bond acceptors (Lipinski definition) is 4. The summed E-state index contributed by atoms with van der Waals surface area (Å²) < 4.78 is 19.9. The van der Waals surface area contributed by atoms with Crippen molar-refractivity contribution in [2.75, 3.05) is 25.0 Å².